The molecule has 3 rings (SSSR count). The second-order valence-electron chi connectivity index (χ2n) is 8.35. The van der Waals surface area contributed by atoms with Gasteiger partial charge in [0.25, 0.3) is 0 Å². The Bertz CT molecular complexity index is 1230. The number of rotatable bonds is 15. The van der Waals surface area contributed by atoms with Gasteiger partial charge in [-0.1, -0.05) is 48.8 Å². The number of aromatic nitrogens is 3. The molecule has 0 unspecified atom stereocenters. The monoisotopic (exact) mass is 599 g/mol. The lowest BCUT2D eigenvalue weighted by atomic mass is 10.1. The van der Waals surface area contributed by atoms with E-state index in [-0.39, 0.29) is 32.1 Å². The topological polar surface area (TPSA) is 84.7 Å². The largest absolute Gasteiger partial charge is 0.490 e. The highest BCUT2D eigenvalue weighted by molar-refractivity contribution is 7.99. The van der Waals surface area contributed by atoms with E-state index < -0.39 is 7.60 Å². The van der Waals surface area contributed by atoms with Gasteiger partial charge in [-0.25, -0.2) is 4.98 Å². The van der Waals surface area contributed by atoms with Gasteiger partial charge in [0, 0.05) is 27.3 Å². The average Bonchev–Trinajstić information content (AvgIpc) is 3.18. The maximum atomic E-state index is 12.5. The quantitative estimate of drug-likeness (QED) is 0.128. The summed E-state index contributed by atoms with van der Waals surface area (Å²) in [5.41, 5.74) is 2.01. The van der Waals surface area contributed by atoms with E-state index in [1.807, 2.05) is 24.3 Å². The highest BCUT2D eigenvalue weighted by atomic mass is 35.5. The third kappa shape index (κ3) is 9.04. The molecule has 0 saturated carbocycles. The first kappa shape index (κ1) is 30.5. The minimum atomic E-state index is -3.30. The molecule has 0 atom stereocenters. The summed E-state index contributed by atoms with van der Waals surface area (Å²) in [5, 5.41) is 2.11. The van der Waals surface area contributed by atoms with Crippen LogP contribution in [0, 0.1) is 0 Å². The van der Waals surface area contributed by atoms with Crippen molar-refractivity contribution in [1.82, 2.24) is 14.5 Å². The third-order valence-electron chi connectivity index (χ3n) is 5.06. The minimum absolute atomic E-state index is 0.162. The molecule has 2 heterocycles. The van der Waals surface area contributed by atoms with Crippen LogP contribution in [0.5, 0.6) is 0 Å². The van der Waals surface area contributed by atoms with Gasteiger partial charge in [-0.2, -0.15) is 0 Å². The molecule has 0 radical (unpaired) electrons. The number of hydrogen-bond acceptors (Lipinski definition) is 8. The summed E-state index contributed by atoms with van der Waals surface area (Å²) in [7, 11) is -3.30. The van der Waals surface area contributed by atoms with Gasteiger partial charge in [0.2, 0.25) is 0 Å². The van der Waals surface area contributed by atoms with Crippen molar-refractivity contribution in [3.63, 3.8) is 0 Å². The lowest BCUT2D eigenvalue weighted by molar-refractivity contribution is 0.172. The second kappa shape index (κ2) is 15.0. The Balaban J connectivity index is 1.82. The van der Waals surface area contributed by atoms with Gasteiger partial charge in [-0.15, -0.1) is 0 Å². The maximum absolute atomic E-state index is 12.5. The Morgan fingerprint density at radius 3 is 2.26 bits per heavy atom. The fourth-order valence-corrected chi connectivity index (χ4v) is 6.67. The number of ether oxygens (including phenoxy) is 2. The van der Waals surface area contributed by atoms with Gasteiger partial charge >= 0.3 is 7.60 Å². The average molecular weight is 601 g/mol. The molecule has 206 valence electrons. The molecule has 0 spiro atoms. The molecular weight excluding hydrogens is 568 g/mol. The summed E-state index contributed by atoms with van der Waals surface area (Å²) in [6.07, 6.45) is 6.04. The predicted octanol–water partition coefficient (Wildman–Crippen LogP) is 8.14. The maximum Gasteiger partial charge on any atom is 0.367 e. The van der Waals surface area contributed by atoms with E-state index in [1.165, 1.54) is 12.5 Å². The number of pyridine rings is 1. The zero-order valence-electron chi connectivity index (χ0n) is 21.8. The highest BCUT2D eigenvalue weighted by Crippen LogP contribution is 2.47. The smallest absolute Gasteiger partial charge is 0.367 e. The predicted molar refractivity (Wildman–Crippen MR) is 151 cm³/mol. The van der Waals surface area contributed by atoms with Gasteiger partial charge in [0.15, 0.2) is 6.35 Å². The first-order valence-corrected chi connectivity index (χ1v) is 15.4. The molecule has 0 aliphatic carbocycles. The lowest BCUT2D eigenvalue weighted by Gasteiger charge is -2.15. The number of halogens is 2. The molecular formula is C26H32Cl2N3O5PS. The zero-order chi connectivity index (χ0) is 27.5. The van der Waals surface area contributed by atoms with E-state index in [0.717, 1.165) is 27.0 Å². The molecule has 0 aliphatic rings. The minimum Gasteiger partial charge on any atom is -0.490 e. The molecule has 12 heteroatoms. The van der Waals surface area contributed by atoms with Crippen LogP contribution >= 0.6 is 42.6 Å². The van der Waals surface area contributed by atoms with Crippen LogP contribution in [-0.4, -0.2) is 34.1 Å². The Kier molecular flexibility index (Phi) is 12.0. The van der Waals surface area contributed by atoms with Crippen LogP contribution in [0.4, 0.5) is 0 Å². The van der Waals surface area contributed by atoms with Crippen molar-refractivity contribution in [2.24, 2.45) is 0 Å². The van der Waals surface area contributed by atoms with Gasteiger partial charge in [0.05, 0.1) is 25.5 Å². The van der Waals surface area contributed by atoms with Crippen molar-refractivity contribution in [2.45, 2.75) is 56.7 Å². The third-order valence-corrected chi connectivity index (χ3v) is 8.36. The first-order valence-electron chi connectivity index (χ1n) is 12.1. The summed E-state index contributed by atoms with van der Waals surface area (Å²) >= 11 is 14.1. The molecule has 8 nitrogen and oxygen atoms in total. The normalized spacial score (nSPS) is 12.0. The van der Waals surface area contributed by atoms with Crippen LogP contribution in [0.3, 0.4) is 0 Å². The molecule has 3 aromatic rings. The van der Waals surface area contributed by atoms with Gasteiger partial charge in [-0.3, -0.25) is 9.55 Å². The van der Waals surface area contributed by atoms with Crippen LogP contribution in [0.1, 0.15) is 50.7 Å². The van der Waals surface area contributed by atoms with E-state index in [2.05, 4.69) is 23.4 Å². The first-order chi connectivity index (χ1) is 18.2. The van der Waals surface area contributed by atoms with Crippen molar-refractivity contribution >= 4 is 42.6 Å². The molecule has 0 aliphatic heterocycles. The lowest BCUT2D eigenvalue weighted by Crippen LogP contribution is -2.07. The van der Waals surface area contributed by atoms with E-state index in [0.29, 0.717) is 16.6 Å². The standard InChI is InChI=1S/C26H32Cl2N3O5PS/c1-5-35-37(32,36-6-2)18-34-12-11-33-17-24-30-25(19(3)4)26(31(24)16-20-7-9-29-10-8-20)38-23-14-21(27)13-22(28)15-23/h7-15,19H,5-6,16-18H2,1-4H3/b12-11-. The summed E-state index contributed by atoms with van der Waals surface area (Å²) in [5.74, 6) is 0.898. The van der Waals surface area contributed by atoms with Crippen LogP contribution < -0.4 is 0 Å². The SMILES string of the molecule is CCOP(=O)(CO/C=C\OCc1nc(C(C)C)c(Sc2cc(Cl)cc(Cl)c2)n1Cc1ccncc1)OCC. The molecule has 0 N–H and O–H groups in total. The van der Waals surface area contributed by atoms with E-state index in [9.17, 15) is 4.57 Å². The van der Waals surface area contributed by atoms with Crippen LogP contribution in [0.15, 0.2) is 65.2 Å². The van der Waals surface area contributed by atoms with Crippen molar-refractivity contribution in [3.8, 4) is 0 Å². The van der Waals surface area contributed by atoms with Crippen molar-refractivity contribution in [1.29, 1.82) is 0 Å². The summed E-state index contributed by atoms with van der Waals surface area (Å²) in [4.78, 5) is 9.97. The molecule has 2 aromatic heterocycles. The summed E-state index contributed by atoms with van der Waals surface area (Å²) < 4.78 is 36.2. The Morgan fingerprint density at radius 2 is 1.66 bits per heavy atom. The zero-order valence-corrected chi connectivity index (χ0v) is 25.0. The number of hydrogen-bond donors (Lipinski definition) is 0. The highest BCUT2D eigenvalue weighted by Gasteiger charge is 2.24. The van der Waals surface area contributed by atoms with E-state index >= 15 is 0 Å². The molecule has 0 bridgehead atoms. The molecule has 1 aromatic carbocycles. The number of benzene rings is 1. The van der Waals surface area contributed by atoms with Gasteiger partial charge in [0.1, 0.15) is 30.0 Å². The fourth-order valence-electron chi connectivity index (χ4n) is 3.47. The van der Waals surface area contributed by atoms with Crippen LogP contribution in [0.25, 0.3) is 0 Å². The summed E-state index contributed by atoms with van der Waals surface area (Å²) in [6.45, 7) is 8.99. The molecule has 0 amide bonds. The summed E-state index contributed by atoms with van der Waals surface area (Å²) in [6, 6.07) is 9.40. The van der Waals surface area contributed by atoms with E-state index in [4.69, 9.17) is 46.7 Å². The Hall–Kier alpha value is -2.00. The van der Waals surface area contributed by atoms with Crippen molar-refractivity contribution < 1.29 is 23.1 Å². The second-order valence-corrected chi connectivity index (χ2v) is 12.3. The molecule has 38 heavy (non-hydrogen) atoms. The van der Waals surface area contributed by atoms with Gasteiger partial charge < -0.3 is 23.1 Å². The Labute approximate surface area is 238 Å². The van der Waals surface area contributed by atoms with Crippen molar-refractivity contribution in [2.75, 3.05) is 19.6 Å². The van der Waals surface area contributed by atoms with Crippen LogP contribution in [-0.2, 0) is 36.2 Å². The number of nitrogens with zero attached hydrogens (tertiary/aromatic N) is 3. The van der Waals surface area contributed by atoms with Gasteiger partial charge in [-0.05, 0) is 55.7 Å². The van der Waals surface area contributed by atoms with E-state index in [1.54, 1.807) is 44.1 Å². The Morgan fingerprint density at radius 1 is 1.03 bits per heavy atom. The fraction of sp³-hybridized carbons (Fsp3) is 0.385. The molecule has 0 saturated heterocycles. The number of imidazole rings is 1. The van der Waals surface area contributed by atoms with Crippen LogP contribution in [0.2, 0.25) is 10.0 Å². The van der Waals surface area contributed by atoms with Crippen molar-refractivity contribution in [3.05, 3.63) is 82.4 Å². The molecule has 0 fully saturated rings.